The van der Waals surface area contributed by atoms with Crippen LogP contribution in [0.5, 0.6) is 5.75 Å². The number of aliphatic hydroxyl groups is 1. The van der Waals surface area contributed by atoms with Crippen LogP contribution < -0.4 is 9.64 Å². The average Bonchev–Trinajstić information content (AvgIpc) is 3.55. The Kier molecular flexibility index (Phi) is 8.57. The molecule has 0 spiro atoms. The summed E-state index contributed by atoms with van der Waals surface area (Å²) in [5, 5.41) is 19.8. The van der Waals surface area contributed by atoms with Crippen LogP contribution in [0.15, 0.2) is 88.8 Å². The highest BCUT2D eigenvalue weighted by molar-refractivity contribution is 8.00. The van der Waals surface area contributed by atoms with Crippen LogP contribution in [0, 0.1) is 5.82 Å². The molecule has 3 aromatic carbocycles. The number of unbranched alkanes of at least 4 members (excludes halogenated alkanes) is 1. The largest absolute Gasteiger partial charge is 0.507 e. The van der Waals surface area contributed by atoms with Gasteiger partial charge in [-0.05, 0) is 42.3 Å². The van der Waals surface area contributed by atoms with Crippen molar-refractivity contribution >= 4 is 45.7 Å². The smallest absolute Gasteiger partial charge is 0.301 e. The second-order valence-corrected chi connectivity index (χ2v) is 11.2. The van der Waals surface area contributed by atoms with E-state index < -0.39 is 29.3 Å². The number of halogens is 1. The van der Waals surface area contributed by atoms with E-state index in [0.717, 1.165) is 34.6 Å². The number of Topliss-reactive ketones (excluding diaryl/α,β-unsaturated/α-hetero) is 1. The van der Waals surface area contributed by atoms with Gasteiger partial charge >= 0.3 is 5.91 Å². The molecule has 1 unspecified atom stereocenters. The summed E-state index contributed by atoms with van der Waals surface area (Å²) in [4.78, 5) is 27.8. The number of ketones is 1. The number of carbonyl (C=O) groups excluding carboxylic acids is 2. The van der Waals surface area contributed by atoms with E-state index in [1.165, 1.54) is 30.0 Å². The molecule has 1 atom stereocenters. The predicted molar refractivity (Wildman–Crippen MR) is 154 cm³/mol. The van der Waals surface area contributed by atoms with Gasteiger partial charge in [0.2, 0.25) is 5.13 Å². The fraction of sp³-hybridized carbons (Fsp3) is 0.200. The molecular formula is C30H26FN3O4S2. The molecular weight excluding hydrogens is 549 g/mol. The lowest BCUT2D eigenvalue weighted by Gasteiger charge is -2.22. The lowest BCUT2D eigenvalue weighted by atomic mass is 9.95. The molecule has 7 nitrogen and oxygen atoms in total. The Hall–Kier alpha value is -4.02. The van der Waals surface area contributed by atoms with Crippen LogP contribution in [0.1, 0.15) is 42.5 Å². The fourth-order valence-corrected chi connectivity index (χ4v) is 6.12. The molecule has 0 aliphatic carbocycles. The number of rotatable bonds is 10. The van der Waals surface area contributed by atoms with E-state index in [9.17, 15) is 14.7 Å². The number of amides is 1. The van der Waals surface area contributed by atoms with Crippen molar-refractivity contribution in [3.8, 4) is 5.75 Å². The van der Waals surface area contributed by atoms with E-state index in [0.29, 0.717) is 28.0 Å². The Morgan fingerprint density at radius 3 is 2.48 bits per heavy atom. The number of hydrogen-bond donors (Lipinski definition) is 1. The van der Waals surface area contributed by atoms with Gasteiger partial charge in [0.25, 0.3) is 5.78 Å². The Balaban J connectivity index is 1.50. The molecule has 1 aliphatic heterocycles. The summed E-state index contributed by atoms with van der Waals surface area (Å²) in [7, 11) is 0. The van der Waals surface area contributed by atoms with E-state index in [4.69, 9.17) is 4.74 Å². The first-order valence-corrected chi connectivity index (χ1v) is 14.6. The van der Waals surface area contributed by atoms with Gasteiger partial charge in [-0.3, -0.25) is 14.5 Å². The van der Waals surface area contributed by atoms with Gasteiger partial charge < -0.3 is 9.84 Å². The van der Waals surface area contributed by atoms with Gasteiger partial charge in [-0.2, -0.15) is 0 Å². The maximum atomic E-state index is 15.1. The Labute approximate surface area is 239 Å². The number of anilines is 1. The van der Waals surface area contributed by atoms with Gasteiger partial charge in [0.15, 0.2) is 4.34 Å². The summed E-state index contributed by atoms with van der Waals surface area (Å²) in [5.74, 6) is -1.60. The van der Waals surface area contributed by atoms with Crippen LogP contribution in [0.3, 0.4) is 0 Å². The molecule has 1 N–H and O–H groups in total. The number of aromatic nitrogens is 2. The van der Waals surface area contributed by atoms with Crippen LogP contribution in [0.25, 0.3) is 5.76 Å². The molecule has 4 aromatic rings. The van der Waals surface area contributed by atoms with E-state index in [2.05, 4.69) is 17.1 Å². The summed E-state index contributed by atoms with van der Waals surface area (Å²) in [6, 6.07) is 21.0. The van der Waals surface area contributed by atoms with Crippen molar-refractivity contribution in [2.45, 2.75) is 35.9 Å². The fourth-order valence-electron chi connectivity index (χ4n) is 4.30. The van der Waals surface area contributed by atoms with Crippen molar-refractivity contribution in [2.24, 2.45) is 0 Å². The highest BCUT2D eigenvalue weighted by Gasteiger charge is 2.49. The number of carbonyl (C=O) groups is 2. The van der Waals surface area contributed by atoms with E-state index in [1.807, 2.05) is 30.3 Å². The first-order chi connectivity index (χ1) is 19.5. The first-order valence-electron chi connectivity index (χ1n) is 12.8. The first kappa shape index (κ1) is 27.5. The van der Waals surface area contributed by atoms with E-state index in [-0.39, 0.29) is 16.3 Å². The monoisotopic (exact) mass is 575 g/mol. The molecule has 5 rings (SSSR count). The van der Waals surface area contributed by atoms with E-state index >= 15 is 4.39 Å². The summed E-state index contributed by atoms with van der Waals surface area (Å²) in [6.45, 7) is 2.63. The molecule has 0 bridgehead atoms. The van der Waals surface area contributed by atoms with Crippen molar-refractivity contribution in [3.05, 3.63) is 107 Å². The zero-order valence-electron chi connectivity index (χ0n) is 21.6. The van der Waals surface area contributed by atoms with Crippen LogP contribution in [-0.2, 0) is 15.3 Å². The van der Waals surface area contributed by atoms with Crippen LogP contribution in [0.2, 0.25) is 0 Å². The van der Waals surface area contributed by atoms with Gasteiger partial charge in [-0.1, -0.05) is 85.0 Å². The molecule has 40 heavy (non-hydrogen) atoms. The second-order valence-electron chi connectivity index (χ2n) is 9.04. The van der Waals surface area contributed by atoms with Gasteiger partial charge in [0.05, 0.1) is 12.2 Å². The molecule has 1 aromatic heterocycles. The van der Waals surface area contributed by atoms with Crippen molar-refractivity contribution in [1.82, 2.24) is 10.2 Å². The van der Waals surface area contributed by atoms with Crippen molar-refractivity contribution in [1.29, 1.82) is 0 Å². The van der Waals surface area contributed by atoms with Crippen LogP contribution in [-0.4, -0.2) is 33.6 Å². The third-order valence-electron chi connectivity index (χ3n) is 6.35. The van der Waals surface area contributed by atoms with Crippen molar-refractivity contribution in [3.63, 3.8) is 0 Å². The predicted octanol–water partition coefficient (Wildman–Crippen LogP) is 6.77. The van der Waals surface area contributed by atoms with Crippen LogP contribution in [0.4, 0.5) is 9.52 Å². The van der Waals surface area contributed by atoms with Crippen molar-refractivity contribution in [2.75, 3.05) is 11.5 Å². The maximum absolute atomic E-state index is 15.1. The zero-order chi connectivity index (χ0) is 28.1. The Bertz CT molecular complexity index is 1540. The van der Waals surface area contributed by atoms with Gasteiger partial charge in [0.1, 0.15) is 23.4 Å². The molecule has 10 heteroatoms. The number of ether oxygens (including phenoxy) is 1. The summed E-state index contributed by atoms with van der Waals surface area (Å²) < 4.78 is 21.4. The topological polar surface area (TPSA) is 92.6 Å². The quantitative estimate of drug-likeness (QED) is 0.0557. The minimum absolute atomic E-state index is 0.0662. The maximum Gasteiger partial charge on any atom is 0.301 e. The number of hydrogen-bond acceptors (Lipinski definition) is 8. The number of thioether (sulfide) groups is 1. The number of nitrogens with zero attached hydrogens (tertiary/aromatic N) is 3. The molecule has 2 heterocycles. The SMILES string of the molecule is CCCCOc1ccc(/C(O)=C2/C(=O)C(=O)N(c3nnc(SCc4ccccc4)s3)C2c2ccccc2F)cc1. The average molecular weight is 576 g/mol. The molecule has 204 valence electrons. The number of aliphatic hydroxyl groups excluding tert-OH is 1. The molecule has 0 radical (unpaired) electrons. The Morgan fingerprint density at radius 1 is 1.02 bits per heavy atom. The minimum Gasteiger partial charge on any atom is -0.507 e. The molecule has 1 fully saturated rings. The lowest BCUT2D eigenvalue weighted by molar-refractivity contribution is -0.132. The lowest BCUT2D eigenvalue weighted by Crippen LogP contribution is -2.29. The standard InChI is InChI=1S/C30H26FN3O4S2/c1-2-3-17-38-21-15-13-20(14-16-21)26(35)24-25(22-11-7-8-12-23(22)31)34(28(37)27(24)36)29-32-33-30(40-29)39-18-19-9-5-4-6-10-19/h4-16,25,35H,2-3,17-18H2,1H3/b26-24-. The summed E-state index contributed by atoms with van der Waals surface area (Å²) in [5.41, 5.74) is 1.25. The molecule has 1 aliphatic rings. The minimum atomic E-state index is -1.22. The number of benzene rings is 3. The molecule has 1 amide bonds. The van der Waals surface area contributed by atoms with Crippen LogP contribution >= 0.6 is 23.1 Å². The third kappa shape index (κ3) is 5.78. The summed E-state index contributed by atoms with van der Waals surface area (Å²) >= 11 is 2.57. The highest BCUT2D eigenvalue weighted by Crippen LogP contribution is 2.44. The van der Waals surface area contributed by atoms with E-state index in [1.54, 1.807) is 30.3 Å². The highest BCUT2D eigenvalue weighted by atomic mass is 32.2. The normalized spacial score (nSPS) is 16.4. The molecule has 1 saturated heterocycles. The van der Waals surface area contributed by atoms with Gasteiger partial charge in [0, 0.05) is 16.9 Å². The molecule has 0 saturated carbocycles. The van der Waals surface area contributed by atoms with Crippen molar-refractivity contribution < 1.29 is 23.8 Å². The second kappa shape index (κ2) is 12.4. The Morgan fingerprint density at radius 2 is 1.75 bits per heavy atom. The van der Waals surface area contributed by atoms with Gasteiger partial charge in [-0.25, -0.2) is 4.39 Å². The third-order valence-corrected chi connectivity index (χ3v) is 8.47. The van der Waals surface area contributed by atoms with Gasteiger partial charge in [-0.15, -0.1) is 10.2 Å². The zero-order valence-corrected chi connectivity index (χ0v) is 23.3. The summed E-state index contributed by atoms with van der Waals surface area (Å²) in [6.07, 6.45) is 1.91.